The molecular formula is C18H27BrClN3O2. The van der Waals surface area contributed by atoms with Crippen LogP contribution in [0.3, 0.4) is 0 Å². The average Bonchev–Trinajstić information content (AvgIpc) is 2.56. The zero-order valence-electron chi connectivity index (χ0n) is 14.8. The fourth-order valence-corrected chi connectivity index (χ4v) is 3.51. The number of para-hydroxylation sites is 1. The largest absolute Gasteiger partial charge is 0.341 e. The Hall–Kier alpha value is -1.11. The molecule has 1 aromatic carbocycles. The van der Waals surface area contributed by atoms with Crippen LogP contribution in [0.1, 0.15) is 39.5 Å². The molecule has 1 aromatic rings. The third-order valence-corrected chi connectivity index (χ3v) is 5.23. The minimum Gasteiger partial charge on any atom is -0.341 e. The van der Waals surface area contributed by atoms with Gasteiger partial charge in [0.15, 0.2) is 0 Å². The summed E-state index contributed by atoms with van der Waals surface area (Å²) in [6.07, 6.45) is 2.90. The lowest BCUT2D eigenvalue weighted by atomic mass is 9.91. The summed E-state index contributed by atoms with van der Waals surface area (Å²) in [7, 11) is 0. The fourth-order valence-electron chi connectivity index (χ4n) is 3.13. The Labute approximate surface area is 164 Å². The zero-order valence-corrected chi connectivity index (χ0v) is 17.2. The third-order valence-electron chi connectivity index (χ3n) is 4.54. The van der Waals surface area contributed by atoms with E-state index in [1.165, 1.54) is 0 Å². The molecule has 7 heteroatoms. The van der Waals surface area contributed by atoms with Crippen LogP contribution >= 0.6 is 28.3 Å². The molecule has 1 aliphatic heterocycles. The van der Waals surface area contributed by atoms with Crippen molar-refractivity contribution in [3.05, 3.63) is 28.7 Å². The van der Waals surface area contributed by atoms with Crippen LogP contribution in [0.25, 0.3) is 0 Å². The molecule has 0 radical (unpaired) electrons. The van der Waals surface area contributed by atoms with Crippen molar-refractivity contribution in [3.63, 3.8) is 0 Å². The summed E-state index contributed by atoms with van der Waals surface area (Å²) in [5.74, 6) is -0.0663. The molecule has 1 unspecified atom stereocenters. The number of carbonyl (C=O) groups is 2. The van der Waals surface area contributed by atoms with E-state index in [4.69, 9.17) is 5.73 Å². The first kappa shape index (κ1) is 21.9. The number of carbonyl (C=O) groups excluding carboxylic acids is 2. The zero-order chi connectivity index (χ0) is 17.7. The number of benzene rings is 1. The maximum absolute atomic E-state index is 12.5. The van der Waals surface area contributed by atoms with Crippen LogP contribution in [0.2, 0.25) is 0 Å². The third kappa shape index (κ3) is 5.69. The SMILES string of the molecule is CCCC(C)(N)C(=O)N1CCC(C(=O)Nc2ccccc2Br)CC1.Cl. The number of rotatable bonds is 5. The summed E-state index contributed by atoms with van der Waals surface area (Å²) in [6.45, 7) is 4.99. The highest BCUT2D eigenvalue weighted by atomic mass is 79.9. The topological polar surface area (TPSA) is 75.4 Å². The second kappa shape index (κ2) is 9.55. The van der Waals surface area contributed by atoms with Gasteiger partial charge in [0.05, 0.1) is 11.2 Å². The van der Waals surface area contributed by atoms with Crippen molar-refractivity contribution in [2.75, 3.05) is 18.4 Å². The summed E-state index contributed by atoms with van der Waals surface area (Å²) in [4.78, 5) is 26.8. The first-order valence-corrected chi connectivity index (χ1v) is 9.28. The molecule has 5 nitrogen and oxygen atoms in total. The van der Waals surface area contributed by atoms with Crippen LogP contribution < -0.4 is 11.1 Å². The molecule has 0 spiro atoms. The van der Waals surface area contributed by atoms with Crippen molar-refractivity contribution in [2.24, 2.45) is 11.7 Å². The fraction of sp³-hybridized carbons (Fsp3) is 0.556. The summed E-state index contributed by atoms with van der Waals surface area (Å²) in [5, 5.41) is 2.96. The highest BCUT2D eigenvalue weighted by Crippen LogP contribution is 2.25. The second-order valence-corrected chi connectivity index (χ2v) is 7.56. The minimum atomic E-state index is -0.807. The van der Waals surface area contributed by atoms with E-state index < -0.39 is 5.54 Å². The molecule has 25 heavy (non-hydrogen) atoms. The van der Waals surface area contributed by atoms with Gasteiger partial charge in [0.2, 0.25) is 11.8 Å². The number of halogens is 2. The van der Waals surface area contributed by atoms with Gasteiger partial charge in [0.25, 0.3) is 0 Å². The first-order valence-electron chi connectivity index (χ1n) is 8.49. The van der Waals surface area contributed by atoms with Crippen LogP contribution in [0, 0.1) is 5.92 Å². The van der Waals surface area contributed by atoms with Crippen molar-refractivity contribution in [3.8, 4) is 0 Å². The number of hydrogen-bond acceptors (Lipinski definition) is 3. The molecule has 140 valence electrons. The standard InChI is InChI=1S/C18H26BrN3O2.ClH/c1-3-10-18(2,20)17(24)22-11-8-13(9-12-22)16(23)21-15-7-5-4-6-14(15)19;/h4-7,13H,3,8-12,20H2,1-2H3,(H,21,23);1H. The maximum Gasteiger partial charge on any atom is 0.242 e. The highest BCUT2D eigenvalue weighted by Gasteiger charge is 2.35. The molecule has 0 saturated carbocycles. The van der Waals surface area contributed by atoms with Gasteiger partial charge in [0.1, 0.15) is 0 Å². The summed E-state index contributed by atoms with van der Waals surface area (Å²) < 4.78 is 0.865. The van der Waals surface area contributed by atoms with Gasteiger partial charge in [-0.25, -0.2) is 0 Å². The lowest BCUT2D eigenvalue weighted by molar-refractivity contribution is -0.139. The van der Waals surface area contributed by atoms with Crippen molar-refractivity contribution in [1.82, 2.24) is 4.90 Å². The lowest BCUT2D eigenvalue weighted by Gasteiger charge is -2.36. The number of anilines is 1. The molecule has 1 heterocycles. The van der Waals surface area contributed by atoms with Crippen LogP contribution in [0.4, 0.5) is 5.69 Å². The molecule has 2 amide bonds. The van der Waals surface area contributed by atoms with Gasteiger partial charge in [-0.15, -0.1) is 12.4 Å². The van der Waals surface area contributed by atoms with E-state index in [9.17, 15) is 9.59 Å². The smallest absolute Gasteiger partial charge is 0.242 e. The molecule has 0 aromatic heterocycles. The van der Waals surface area contributed by atoms with Gasteiger partial charge in [-0.05, 0) is 54.2 Å². The molecule has 3 N–H and O–H groups in total. The highest BCUT2D eigenvalue weighted by molar-refractivity contribution is 9.10. The molecule has 0 bridgehead atoms. The van der Waals surface area contributed by atoms with E-state index >= 15 is 0 Å². The second-order valence-electron chi connectivity index (χ2n) is 6.70. The van der Waals surface area contributed by atoms with Gasteiger partial charge in [0, 0.05) is 23.5 Å². The average molecular weight is 433 g/mol. The lowest BCUT2D eigenvalue weighted by Crippen LogP contribution is -2.55. The molecule has 1 saturated heterocycles. The molecule has 1 atom stereocenters. The van der Waals surface area contributed by atoms with Gasteiger partial charge in [-0.2, -0.15) is 0 Å². The Balaban J connectivity index is 0.00000312. The Morgan fingerprint density at radius 3 is 2.48 bits per heavy atom. The predicted octanol–water partition coefficient (Wildman–Crippen LogP) is 3.57. The van der Waals surface area contributed by atoms with Crippen LogP contribution in [0.5, 0.6) is 0 Å². The van der Waals surface area contributed by atoms with Crippen LogP contribution in [0.15, 0.2) is 28.7 Å². The van der Waals surface area contributed by atoms with Gasteiger partial charge >= 0.3 is 0 Å². The predicted molar refractivity (Wildman–Crippen MR) is 107 cm³/mol. The molecule has 1 fully saturated rings. The molecular weight excluding hydrogens is 406 g/mol. The van der Waals surface area contributed by atoms with Gasteiger partial charge in [-0.1, -0.05) is 25.5 Å². The molecule has 1 aliphatic rings. The van der Waals surface area contributed by atoms with Crippen molar-refractivity contribution < 1.29 is 9.59 Å². The van der Waals surface area contributed by atoms with E-state index in [-0.39, 0.29) is 30.1 Å². The quantitative estimate of drug-likeness (QED) is 0.747. The summed E-state index contributed by atoms with van der Waals surface area (Å²) in [5.41, 5.74) is 6.11. The number of nitrogens with two attached hydrogens (primary N) is 1. The van der Waals surface area contributed by atoms with Gasteiger partial charge < -0.3 is 16.0 Å². The van der Waals surface area contributed by atoms with Crippen LogP contribution in [-0.2, 0) is 9.59 Å². The normalized spacial score (nSPS) is 17.4. The first-order chi connectivity index (χ1) is 11.3. The van der Waals surface area contributed by atoms with Crippen molar-refractivity contribution in [2.45, 2.75) is 45.1 Å². The van der Waals surface area contributed by atoms with Crippen LogP contribution in [-0.4, -0.2) is 35.3 Å². The Morgan fingerprint density at radius 2 is 1.92 bits per heavy atom. The molecule has 0 aliphatic carbocycles. The Morgan fingerprint density at radius 1 is 1.32 bits per heavy atom. The van der Waals surface area contributed by atoms with Gasteiger partial charge in [-0.3, -0.25) is 9.59 Å². The van der Waals surface area contributed by atoms with E-state index in [1.54, 1.807) is 11.8 Å². The number of likely N-dealkylation sites (tertiary alicyclic amines) is 1. The Kier molecular flexibility index (Phi) is 8.38. The summed E-state index contributed by atoms with van der Waals surface area (Å²) >= 11 is 3.43. The van der Waals surface area contributed by atoms with E-state index in [2.05, 4.69) is 21.2 Å². The summed E-state index contributed by atoms with van der Waals surface area (Å²) in [6, 6.07) is 7.55. The number of hydrogen-bond donors (Lipinski definition) is 2. The maximum atomic E-state index is 12.5. The number of nitrogens with one attached hydrogen (secondary N) is 1. The number of piperidine rings is 1. The monoisotopic (exact) mass is 431 g/mol. The molecule has 2 rings (SSSR count). The number of nitrogens with zero attached hydrogens (tertiary/aromatic N) is 1. The van der Waals surface area contributed by atoms with E-state index in [1.807, 2.05) is 31.2 Å². The minimum absolute atomic E-state index is 0. The van der Waals surface area contributed by atoms with Crippen molar-refractivity contribution in [1.29, 1.82) is 0 Å². The Bertz CT molecular complexity index is 602. The van der Waals surface area contributed by atoms with E-state index in [0.29, 0.717) is 32.4 Å². The van der Waals surface area contributed by atoms with E-state index in [0.717, 1.165) is 16.6 Å². The van der Waals surface area contributed by atoms with Crippen molar-refractivity contribution >= 4 is 45.8 Å². The number of amides is 2.